The van der Waals surface area contributed by atoms with Gasteiger partial charge in [-0.1, -0.05) is 30.8 Å². The van der Waals surface area contributed by atoms with E-state index >= 15 is 0 Å². The van der Waals surface area contributed by atoms with Gasteiger partial charge in [0.1, 0.15) is 5.82 Å². The van der Waals surface area contributed by atoms with Crippen LogP contribution < -0.4 is 10.2 Å². The molecular weight excluding hydrogens is 434 g/mol. The van der Waals surface area contributed by atoms with Gasteiger partial charge in [-0.3, -0.25) is 4.79 Å². The number of carbonyl (C=O) groups excluding carboxylic acids is 1. The number of ether oxygens (including phenoxy) is 1. The van der Waals surface area contributed by atoms with E-state index in [0.29, 0.717) is 12.1 Å². The first-order chi connectivity index (χ1) is 16.0. The minimum absolute atomic E-state index is 0.0463. The Morgan fingerprint density at radius 1 is 1.15 bits per heavy atom. The predicted octanol–water partition coefficient (Wildman–Crippen LogP) is 3.44. The molecule has 1 aromatic heterocycles. The van der Waals surface area contributed by atoms with Crippen molar-refractivity contribution >= 4 is 23.5 Å². The monoisotopic (exact) mass is 469 g/mol. The van der Waals surface area contributed by atoms with Crippen LogP contribution in [0.15, 0.2) is 29.4 Å². The Morgan fingerprint density at radius 2 is 1.91 bits per heavy atom. The van der Waals surface area contributed by atoms with E-state index in [4.69, 9.17) is 14.7 Å². The first-order valence-corrected chi connectivity index (χ1v) is 13.0. The van der Waals surface area contributed by atoms with E-state index in [2.05, 4.69) is 35.9 Å². The lowest BCUT2D eigenvalue weighted by Crippen LogP contribution is -2.46. The normalized spacial score (nSPS) is 19.1. The second-order valence-electron chi connectivity index (χ2n) is 8.79. The van der Waals surface area contributed by atoms with Crippen LogP contribution in [-0.2, 0) is 10.5 Å². The predicted molar refractivity (Wildman–Crippen MR) is 133 cm³/mol. The summed E-state index contributed by atoms with van der Waals surface area (Å²) in [5.74, 6) is 1.79. The van der Waals surface area contributed by atoms with Gasteiger partial charge in [0.2, 0.25) is 0 Å². The third kappa shape index (κ3) is 6.25. The quantitative estimate of drug-likeness (QED) is 0.469. The highest BCUT2D eigenvalue weighted by Gasteiger charge is 2.21. The van der Waals surface area contributed by atoms with E-state index < -0.39 is 0 Å². The van der Waals surface area contributed by atoms with Crippen molar-refractivity contribution in [3.8, 4) is 0 Å². The zero-order valence-corrected chi connectivity index (χ0v) is 20.8. The smallest absolute Gasteiger partial charge is 0.251 e. The number of thioether (sulfide) groups is 1. The second kappa shape index (κ2) is 11.3. The number of rotatable bonds is 8. The molecule has 0 radical (unpaired) electrons. The van der Waals surface area contributed by atoms with Crippen LogP contribution in [0.4, 0.5) is 5.82 Å². The number of aryl methyl sites for hydroxylation is 1. The molecule has 1 amide bonds. The van der Waals surface area contributed by atoms with Crippen molar-refractivity contribution in [2.24, 2.45) is 0 Å². The van der Waals surface area contributed by atoms with Gasteiger partial charge >= 0.3 is 0 Å². The summed E-state index contributed by atoms with van der Waals surface area (Å²) in [6.07, 6.45) is 2.25. The summed E-state index contributed by atoms with van der Waals surface area (Å²) in [6, 6.07) is 7.81. The van der Waals surface area contributed by atoms with Gasteiger partial charge in [0.25, 0.3) is 5.91 Å². The molecule has 1 unspecified atom stereocenters. The third-order valence-electron chi connectivity index (χ3n) is 6.56. The van der Waals surface area contributed by atoms with Crippen molar-refractivity contribution in [2.75, 3.05) is 50.8 Å². The molecule has 178 valence electrons. The number of amides is 1. The lowest BCUT2D eigenvalue weighted by molar-refractivity contribution is 0.0858. The molecule has 2 aliphatic rings. The Hall–Kier alpha value is -2.16. The maximum absolute atomic E-state index is 12.4. The van der Waals surface area contributed by atoms with Gasteiger partial charge in [0.15, 0.2) is 5.16 Å². The molecule has 2 aliphatic heterocycles. The molecule has 2 saturated heterocycles. The highest BCUT2D eigenvalue weighted by molar-refractivity contribution is 7.98. The van der Waals surface area contributed by atoms with Gasteiger partial charge < -0.3 is 19.9 Å². The molecule has 7 nitrogen and oxygen atoms in total. The van der Waals surface area contributed by atoms with Crippen LogP contribution in [0.1, 0.15) is 46.9 Å². The van der Waals surface area contributed by atoms with Gasteiger partial charge in [-0.25, -0.2) is 9.97 Å². The van der Waals surface area contributed by atoms with Crippen LogP contribution in [-0.4, -0.2) is 72.8 Å². The fourth-order valence-corrected chi connectivity index (χ4v) is 5.09. The number of nitrogens with zero attached hydrogens (tertiary/aromatic N) is 4. The molecule has 0 bridgehead atoms. The summed E-state index contributed by atoms with van der Waals surface area (Å²) >= 11 is 1.64. The number of piperazine rings is 1. The van der Waals surface area contributed by atoms with Crippen molar-refractivity contribution in [1.29, 1.82) is 0 Å². The van der Waals surface area contributed by atoms with Crippen molar-refractivity contribution in [3.63, 3.8) is 0 Å². The third-order valence-corrected chi connectivity index (χ3v) is 7.48. The molecule has 0 spiro atoms. The van der Waals surface area contributed by atoms with E-state index in [9.17, 15) is 4.79 Å². The van der Waals surface area contributed by atoms with Gasteiger partial charge in [-0.2, -0.15) is 0 Å². The zero-order valence-electron chi connectivity index (χ0n) is 20.0. The molecule has 3 heterocycles. The maximum atomic E-state index is 12.4. The van der Waals surface area contributed by atoms with Crippen LogP contribution in [0, 0.1) is 13.8 Å². The average molecular weight is 470 g/mol. The minimum Gasteiger partial charge on any atom is -0.376 e. The van der Waals surface area contributed by atoms with Crippen molar-refractivity contribution in [2.45, 2.75) is 50.6 Å². The van der Waals surface area contributed by atoms with Crippen LogP contribution in [0.5, 0.6) is 0 Å². The van der Waals surface area contributed by atoms with Gasteiger partial charge in [-0.15, -0.1) is 0 Å². The minimum atomic E-state index is -0.0463. The van der Waals surface area contributed by atoms with Crippen LogP contribution >= 0.6 is 11.8 Å². The average Bonchev–Trinajstić information content (AvgIpc) is 3.37. The second-order valence-corrected chi connectivity index (χ2v) is 9.73. The Bertz CT molecular complexity index is 939. The van der Waals surface area contributed by atoms with E-state index in [1.165, 1.54) is 5.56 Å². The van der Waals surface area contributed by atoms with Crippen molar-refractivity contribution in [3.05, 3.63) is 46.6 Å². The fraction of sp³-hybridized carbons (Fsp3) is 0.560. The van der Waals surface area contributed by atoms with Gasteiger partial charge in [0.05, 0.1) is 6.10 Å². The highest BCUT2D eigenvalue weighted by atomic mass is 32.2. The summed E-state index contributed by atoms with van der Waals surface area (Å²) in [6.45, 7) is 13.1. The van der Waals surface area contributed by atoms with Crippen LogP contribution in [0.25, 0.3) is 0 Å². The zero-order chi connectivity index (χ0) is 23.2. The van der Waals surface area contributed by atoms with Crippen LogP contribution in [0.2, 0.25) is 0 Å². The van der Waals surface area contributed by atoms with Crippen LogP contribution in [0.3, 0.4) is 0 Å². The van der Waals surface area contributed by atoms with Crippen molar-refractivity contribution < 1.29 is 9.53 Å². The molecule has 8 heteroatoms. The lowest BCUT2D eigenvalue weighted by atomic mass is 10.1. The summed E-state index contributed by atoms with van der Waals surface area (Å²) in [5, 5.41) is 3.79. The SMILES string of the molecule is CCN1CCN(c2nc(SCc3ccc(C(=O)NCC4CCCO4)cc3)nc(C)c2C)CC1. The summed E-state index contributed by atoms with van der Waals surface area (Å²) < 4.78 is 5.57. The van der Waals surface area contributed by atoms with E-state index in [1.807, 2.05) is 24.3 Å². The molecule has 2 fully saturated rings. The molecule has 1 atom stereocenters. The van der Waals surface area contributed by atoms with Gasteiger partial charge in [0, 0.05) is 61.9 Å². The number of benzene rings is 1. The molecule has 4 rings (SSSR count). The number of anilines is 1. The maximum Gasteiger partial charge on any atom is 0.251 e. The molecule has 1 N–H and O–H groups in total. The number of likely N-dealkylation sites (N-methyl/N-ethyl adjacent to an activating group) is 1. The number of hydrogen-bond acceptors (Lipinski definition) is 7. The standard InChI is InChI=1S/C25H35N5O2S/c1-4-29-11-13-30(14-12-29)23-18(2)19(3)27-25(28-23)33-17-20-7-9-21(10-8-20)24(31)26-16-22-6-5-15-32-22/h7-10,22H,4-6,11-17H2,1-3H3,(H,26,31). The Morgan fingerprint density at radius 3 is 2.58 bits per heavy atom. The molecular formula is C25H35N5O2S. The molecule has 0 saturated carbocycles. The highest BCUT2D eigenvalue weighted by Crippen LogP contribution is 2.27. The summed E-state index contributed by atoms with van der Waals surface area (Å²) in [4.78, 5) is 26.9. The Kier molecular flexibility index (Phi) is 8.22. The number of aromatic nitrogens is 2. The van der Waals surface area contributed by atoms with E-state index in [0.717, 1.165) is 80.2 Å². The lowest BCUT2D eigenvalue weighted by Gasteiger charge is -2.35. The Balaban J connectivity index is 1.33. The number of carbonyl (C=O) groups is 1. The molecule has 1 aromatic carbocycles. The number of nitrogens with one attached hydrogen (secondary N) is 1. The topological polar surface area (TPSA) is 70.6 Å². The Labute approximate surface area is 201 Å². The van der Waals surface area contributed by atoms with E-state index in [-0.39, 0.29) is 12.0 Å². The largest absolute Gasteiger partial charge is 0.376 e. The fourth-order valence-electron chi connectivity index (χ4n) is 4.25. The molecule has 2 aromatic rings. The van der Waals surface area contributed by atoms with E-state index in [1.54, 1.807) is 11.8 Å². The first-order valence-electron chi connectivity index (χ1n) is 12.0. The van der Waals surface area contributed by atoms with Crippen molar-refractivity contribution in [1.82, 2.24) is 20.2 Å². The molecule has 33 heavy (non-hydrogen) atoms. The molecule has 0 aliphatic carbocycles. The summed E-state index contributed by atoms with van der Waals surface area (Å²) in [7, 11) is 0. The van der Waals surface area contributed by atoms with Gasteiger partial charge in [-0.05, 0) is 50.9 Å². The number of hydrogen-bond donors (Lipinski definition) is 1. The first kappa shape index (κ1) is 24.0. The summed E-state index contributed by atoms with van der Waals surface area (Å²) in [5.41, 5.74) is 4.04.